The van der Waals surface area contributed by atoms with E-state index in [9.17, 15) is 4.79 Å². The van der Waals surface area contributed by atoms with E-state index in [1.54, 1.807) is 0 Å². The van der Waals surface area contributed by atoms with Crippen LogP contribution in [0.1, 0.15) is 61.5 Å². The maximum atomic E-state index is 12.5. The number of benzene rings is 1. The lowest BCUT2D eigenvalue weighted by molar-refractivity contribution is 0.0929. The number of hydrogen-bond acceptors (Lipinski definition) is 4. The molecule has 0 aliphatic heterocycles. The molecule has 1 aliphatic rings. The van der Waals surface area contributed by atoms with Gasteiger partial charge in [0.05, 0.1) is 0 Å². The van der Waals surface area contributed by atoms with Gasteiger partial charge in [-0.1, -0.05) is 44.7 Å². The highest BCUT2D eigenvalue weighted by Crippen LogP contribution is 2.20. The van der Waals surface area contributed by atoms with Crippen molar-refractivity contribution in [2.24, 2.45) is 0 Å². The summed E-state index contributed by atoms with van der Waals surface area (Å²) < 4.78 is 0. The van der Waals surface area contributed by atoms with Gasteiger partial charge in [0.25, 0.3) is 5.91 Å². The molecule has 6 heteroatoms. The molecule has 0 saturated heterocycles. The molecule has 6 nitrogen and oxygen atoms in total. The Morgan fingerprint density at radius 3 is 2.50 bits per heavy atom. The van der Waals surface area contributed by atoms with Crippen LogP contribution in [0.5, 0.6) is 0 Å². The summed E-state index contributed by atoms with van der Waals surface area (Å²) in [6.45, 7) is 2.12. The minimum Gasteiger partial charge on any atom is -0.348 e. The standard InChI is InChI=1S/C18H25N5O/c1-2-13-9-11-15(12-10-13)19-17-16(21-23-22-17)18(24)20-14-7-5-3-4-6-8-14/h9-12,14H,2-8H2,1H3,(H,20,24)(H2,19,21,22,23). The lowest BCUT2D eigenvalue weighted by Crippen LogP contribution is -2.35. The number of carbonyl (C=O) groups is 1. The summed E-state index contributed by atoms with van der Waals surface area (Å²) in [5, 5.41) is 16.9. The van der Waals surface area contributed by atoms with Gasteiger partial charge >= 0.3 is 0 Å². The predicted octanol–water partition coefficient (Wildman–Crippen LogP) is 3.56. The number of nitrogens with one attached hydrogen (secondary N) is 3. The molecule has 1 aromatic heterocycles. The van der Waals surface area contributed by atoms with Crippen molar-refractivity contribution in [1.29, 1.82) is 0 Å². The molecule has 128 valence electrons. The third kappa shape index (κ3) is 4.13. The first-order valence-corrected chi connectivity index (χ1v) is 8.84. The summed E-state index contributed by atoms with van der Waals surface area (Å²) in [4.78, 5) is 12.5. The van der Waals surface area contributed by atoms with E-state index in [2.05, 4.69) is 45.1 Å². The van der Waals surface area contributed by atoms with Gasteiger partial charge in [0, 0.05) is 11.7 Å². The Morgan fingerprint density at radius 1 is 1.12 bits per heavy atom. The summed E-state index contributed by atoms with van der Waals surface area (Å²) in [7, 11) is 0. The molecule has 1 fully saturated rings. The SMILES string of the molecule is CCc1ccc(Nc2n[nH]nc2C(=O)NC2CCCCCC2)cc1. The zero-order chi connectivity index (χ0) is 16.8. The van der Waals surface area contributed by atoms with Crippen molar-refractivity contribution in [2.75, 3.05) is 5.32 Å². The number of carbonyl (C=O) groups excluding carboxylic acids is 1. The maximum Gasteiger partial charge on any atom is 0.275 e. The van der Waals surface area contributed by atoms with E-state index in [-0.39, 0.29) is 11.9 Å². The Morgan fingerprint density at radius 2 is 1.83 bits per heavy atom. The third-order valence-electron chi connectivity index (χ3n) is 4.58. The first kappa shape index (κ1) is 16.5. The van der Waals surface area contributed by atoms with E-state index in [1.165, 1.54) is 31.2 Å². The molecular formula is C18H25N5O. The van der Waals surface area contributed by atoms with Crippen molar-refractivity contribution < 1.29 is 4.79 Å². The highest BCUT2D eigenvalue weighted by atomic mass is 16.2. The van der Waals surface area contributed by atoms with Gasteiger partial charge in [0.2, 0.25) is 0 Å². The largest absolute Gasteiger partial charge is 0.348 e. The number of H-pyrrole nitrogens is 1. The van der Waals surface area contributed by atoms with Crippen LogP contribution in [0.2, 0.25) is 0 Å². The van der Waals surface area contributed by atoms with Crippen molar-refractivity contribution in [2.45, 2.75) is 57.9 Å². The van der Waals surface area contributed by atoms with E-state index in [1.807, 2.05) is 12.1 Å². The summed E-state index contributed by atoms with van der Waals surface area (Å²) in [5.74, 6) is 0.300. The van der Waals surface area contributed by atoms with E-state index < -0.39 is 0 Å². The van der Waals surface area contributed by atoms with Gasteiger partial charge in [0.1, 0.15) is 0 Å². The quantitative estimate of drug-likeness (QED) is 0.733. The number of hydrogen-bond donors (Lipinski definition) is 3. The minimum atomic E-state index is -0.164. The first-order valence-electron chi connectivity index (χ1n) is 8.84. The Hall–Kier alpha value is -2.37. The highest BCUT2D eigenvalue weighted by molar-refractivity contribution is 5.97. The summed E-state index contributed by atoms with van der Waals surface area (Å²) in [5.41, 5.74) is 2.48. The number of nitrogens with zero attached hydrogens (tertiary/aromatic N) is 2. The molecule has 0 radical (unpaired) electrons. The number of aromatic nitrogens is 3. The zero-order valence-corrected chi connectivity index (χ0v) is 14.1. The second-order valence-electron chi connectivity index (χ2n) is 6.36. The number of anilines is 2. The molecule has 1 aromatic carbocycles. The van der Waals surface area contributed by atoms with Crippen LogP contribution in [0.15, 0.2) is 24.3 Å². The van der Waals surface area contributed by atoms with Crippen LogP contribution in [0, 0.1) is 0 Å². The van der Waals surface area contributed by atoms with Crippen molar-refractivity contribution in [1.82, 2.24) is 20.7 Å². The van der Waals surface area contributed by atoms with Crippen LogP contribution < -0.4 is 10.6 Å². The fourth-order valence-electron chi connectivity index (χ4n) is 3.11. The van der Waals surface area contributed by atoms with Crippen LogP contribution in [0.25, 0.3) is 0 Å². The van der Waals surface area contributed by atoms with Crippen molar-refractivity contribution in [3.63, 3.8) is 0 Å². The Kier molecular flexibility index (Phi) is 5.46. The zero-order valence-electron chi connectivity index (χ0n) is 14.1. The summed E-state index contributed by atoms with van der Waals surface area (Å²) in [6.07, 6.45) is 7.97. The van der Waals surface area contributed by atoms with Gasteiger partial charge in [0.15, 0.2) is 11.5 Å². The van der Waals surface area contributed by atoms with Crippen LogP contribution in [0.3, 0.4) is 0 Å². The topological polar surface area (TPSA) is 82.7 Å². The molecule has 24 heavy (non-hydrogen) atoms. The first-order chi connectivity index (χ1) is 11.8. The lowest BCUT2D eigenvalue weighted by atomic mass is 10.1. The molecule has 1 heterocycles. The minimum absolute atomic E-state index is 0.164. The molecule has 3 N–H and O–H groups in total. The van der Waals surface area contributed by atoms with Gasteiger partial charge in [-0.15, -0.1) is 10.2 Å². The average molecular weight is 327 g/mol. The highest BCUT2D eigenvalue weighted by Gasteiger charge is 2.21. The number of aromatic amines is 1. The molecule has 1 amide bonds. The van der Waals surface area contributed by atoms with E-state index in [0.717, 1.165) is 24.9 Å². The molecule has 1 saturated carbocycles. The molecule has 0 bridgehead atoms. The number of rotatable bonds is 5. The molecule has 0 atom stereocenters. The average Bonchev–Trinajstić information content (AvgIpc) is 2.91. The number of aryl methyl sites for hydroxylation is 1. The van der Waals surface area contributed by atoms with Crippen molar-refractivity contribution in [3.05, 3.63) is 35.5 Å². The third-order valence-corrected chi connectivity index (χ3v) is 4.58. The van der Waals surface area contributed by atoms with Crippen LogP contribution in [-0.2, 0) is 6.42 Å². The van der Waals surface area contributed by atoms with Gasteiger partial charge in [-0.3, -0.25) is 4.79 Å². The maximum absolute atomic E-state index is 12.5. The van der Waals surface area contributed by atoms with Crippen molar-refractivity contribution >= 4 is 17.4 Å². The smallest absolute Gasteiger partial charge is 0.275 e. The Labute approximate surface area is 142 Å². The van der Waals surface area contributed by atoms with Gasteiger partial charge < -0.3 is 10.6 Å². The number of amides is 1. The lowest BCUT2D eigenvalue weighted by Gasteiger charge is -2.15. The van der Waals surface area contributed by atoms with E-state index in [0.29, 0.717) is 11.5 Å². The molecule has 3 rings (SSSR count). The summed E-state index contributed by atoms with van der Waals surface area (Å²) >= 11 is 0. The van der Waals surface area contributed by atoms with Gasteiger partial charge in [-0.05, 0) is 37.0 Å². The second kappa shape index (κ2) is 7.95. The normalized spacial score (nSPS) is 15.7. The predicted molar refractivity (Wildman–Crippen MR) is 94.4 cm³/mol. The van der Waals surface area contributed by atoms with Crippen LogP contribution in [-0.4, -0.2) is 27.4 Å². The Bertz CT molecular complexity index is 656. The van der Waals surface area contributed by atoms with Crippen LogP contribution in [0.4, 0.5) is 11.5 Å². The van der Waals surface area contributed by atoms with Gasteiger partial charge in [-0.25, -0.2) is 0 Å². The van der Waals surface area contributed by atoms with Gasteiger partial charge in [-0.2, -0.15) is 5.21 Å². The second-order valence-corrected chi connectivity index (χ2v) is 6.36. The van der Waals surface area contributed by atoms with E-state index >= 15 is 0 Å². The molecule has 2 aromatic rings. The Balaban J connectivity index is 1.66. The summed E-state index contributed by atoms with van der Waals surface area (Å²) in [6, 6.07) is 8.34. The molecule has 1 aliphatic carbocycles. The fraction of sp³-hybridized carbons (Fsp3) is 0.500. The van der Waals surface area contributed by atoms with Crippen molar-refractivity contribution in [3.8, 4) is 0 Å². The molecule has 0 unspecified atom stereocenters. The molecular weight excluding hydrogens is 302 g/mol. The monoisotopic (exact) mass is 327 g/mol. The molecule has 0 spiro atoms. The van der Waals surface area contributed by atoms with E-state index in [4.69, 9.17) is 0 Å². The fourth-order valence-corrected chi connectivity index (χ4v) is 3.11. The van der Waals surface area contributed by atoms with Crippen LogP contribution >= 0.6 is 0 Å².